The molecular weight excluding hydrogens is 460 g/mol. The van der Waals surface area contributed by atoms with E-state index in [1.54, 1.807) is 55.6 Å². The number of halogens is 1. The van der Waals surface area contributed by atoms with Gasteiger partial charge in [-0.3, -0.25) is 4.79 Å². The van der Waals surface area contributed by atoms with Crippen molar-refractivity contribution >= 4 is 27.5 Å². The highest BCUT2D eigenvalue weighted by Gasteiger charge is 2.27. The van der Waals surface area contributed by atoms with Crippen LogP contribution in [0, 0.1) is 6.92 Å². The Kier molecular flexibility index (Phi) is 8.13. The number of para-hydroxylation sites is 1. The molecule has 0 heterocycles. The number of nitrogens with one attached hydrogen (secondary N) is 1. The summed E-state index contributed by atoms with van der Waals surface area (Å²) in [6.45, 7) is 3.41. The van der Waals surface area contributed by atoms with E-state index in [2.05, 4.69) is 5.32 Å². The maximum atomic E-state index is 13.4. The smallest absolute Gasteiger partial charge is 0.243 e. The minimum Gasteiger partial charge on any atom is -0.496 e. The summed E-state index contributed by atoms with van der Waals surface area (Å²) in [5.41, 5.74) is 2.47. The normalized spacial score (nSPS) is 12.4. The molecule has 0 spiro atoms. The Labute approximate surface area is 200 Å². The largest absolute Gasteiger partial charge is 0.496 e. The summed E-state index contributed by atoms with van der Waals surface area (Å²) in [6, 6.07) is 20.4. The van der Waals surface area contributed by atoms with Gasteiger partial charge in [-0.15, -0.1) is 0 Å². The second kappa shape index (κ2) is 10.8. The highest BCUT2D eigenvalue weighted by atomic mass is 35.5. The Hall–Kier alpha value is -2.87. The van der Waals surface area contributed by atoms with Gasteiger partial charge in [0, 0.05) is 17.1 Å². The SMILES string of the molecule is COc1ccccc1[C@@H](C)NC(=O)CN(Cc1ccc(Cl)cc1)S(=O)(=O)c1ccc(C)cc1. The van der Waals surface area contributed by atoms with E-state index in [1.165, 1.54) is 4.31 Å². The lowest BCUT2D eigenvalue weighted by Crippen LogP contribution is -2.41. The van der Waals surface area contributed by atoms with E-state index in [0.29, 0.717) is 10.8 Å². The number of nitrogens with zero attached hydrogens (tertiary/aromatic N) is 1. The van der Waals surface area contributed by atoms with Gasteiger partial charge in [0.2, 0.25) is 15.9 Å². The molecule has 1 atom stereocenters. The molecule has 0 radical (unpaired) electrons. The number of benzene rings is 3. The Balaban J connectivity index is 1.84. The minimum atomic E-state index is -3.92. The van der Waals surface area contributed by atoms with E-state index in [-0.39, 0.29) is 24.0 Å². The van der Waals surface area contributed by atoms with E-state index in [1.807, 2.05) is 38.1 Å². The summed E-state index contributed by atoms with van der Waals surface area (Å²) in [4.78, 5) is 13.1. The molecule has 0 fully saturated rings. The number of carbonyl (C=O) groups excluding carboxylic acids is 1. The van der Waals surface area contributed by atoms with Crippen molar-refractivity contribution in [3.05, 3.63) is 94.5 Å². The van der Waals surface area contributed by atoms with Gasteiger partial charge >= 0.3 is 0 Å². The minimum absolute atomic E-state index is 0.0316. The monoisotopic (exact) mass is 486 g/mol. The molecule has 1 amide bonds. The number of sulfonamides is 1. The molecule has 0 aromatic heterocycles. The summed E-state index contributed by atoms with van der Waals surface area (Å²) in [6.07, 6.45) is 0. The fraction of sp³-hybridized carbons (Fsp3) is 0.240. The first-order chi connectivity index (χ1) is 15.7. The van der Waals surface area contributed by atoms with Crippen LogP contribution in [-0.2, 0) is 21.4 Å². The first-order valence-corrected chi connectivity index (χ1v) is 12.3. The number of carbonyl (C=O) groups is 1. The number of hydrogen-bond donors (Lipinski definition) is 1. The topological polar surface area (TPSA) is 75.7 Å². The van der Waals surface area contributed by atoms with Crippen molar-refractivity contribution in [1.29, 1.82) is 0 Å². The van der Waals surface area contributed by atoms with Gasteiger partial charge < -0.3 is 10.1 Å². The maximum absolute atomic E-state index is 13.4. The zero-order chi connectivity index (χ0) is 24.0. The predicted octanol–water partition coefficient (Wildman–Crippen LogP) is 4.73. The Morgan fingerprint density at radius 3 is 2.30 bits per heavy atom. The number of aryl methyl sites for hydroxylation is 1. The van der Waals surface area contributed by atoms with E-state index >= 15 is 0 Å². The molecule has 1 N–H and O–H groups in total. The molecule has 0 saturated carbocycles. The van der Waals surface area contributed by atoms with Crippen molar-refractivity contribution < 1.29 is 17.9 Å². The molecule has 3 rings (SSSR count). The van der Waals surface area contributed by atoms with Crippen molar-refractivity contribution in [2.45, 2.75) is 31.3 Å². The van der Waals surface area contributed by atoms with Crippen LogP contribution in [-0.4, -0.2) is 32.3 Å². The number of hydrogen-bond acceptors (Lipinski definition) is 4. The van der Waals surface area contributed by atoms with Gasteiger partial charge in [0.05, 0.1) is 24.6 Å². The molecule has 0 saturated heterocycles. The molecule has 0 unspecified atom stereocenters. The number of rotatable bonds is 9. The quantitative estimate of drug-likeness (QED) is 0.474. The molecule has 3 aromatic carbocycles. The van der Waals surface area contributed by atoms with Crippen LogP contribution in [0.1, 0.15) is 29.7 Å². The van der Waals surface area contributed by atoms with Crippen LogP contribution in [0.25, 0.3) is 0 Å². The summed E-state index contributed by atoms with van der Waals surface area (Å²) in [5, 5.41) is 3.43. The summed E-state index contributed by atoms with van der Waals surface area (Å²) < 4.78 is 33.4. The van der Waals surface area contributed by atoms with Gasteiger partial charge in [0.25, 0.3) is 0 Å². The molecular formula is C25H27ClN2O4S. The van der Waals surface area contributed by atoms with E-state index < -0.39 is 15.9 Å². The molecule has 0 bridgehead atoms. The molecule has 33 heavy (non-hydrogen) atoms. The second-order valence-electron chi connectivity index (χ2n) is 7.74. The second-order valence-corrected chi connectivity index (χ2v) is 10.1. The van der Waals surface area contributed by atoms with Gasteiger partial charge in [-0.05, 0) is 49.7 Å². The molecule has 0 aliphatic carbocycles. The lowest BCUT2D eigenvalue weighted by Gasteiger charge is -2.24. The number of amides is 1. The van der Waals surface area contributed by atoms with Crippen LogP contribution < -0.4 is 10.1 Å². The van der Waals surface area contributed by atoms with Gasteiger partial charge in [-0.1, -0.05) is 59.6 Å². The molecule has 8 heteroatoms. The summed E-state index contributed by atoms with van der Waals surface area (Å²) >= 11 is 5.97. The van der Waals surface area contributed by atoms with Crippen LogP contribution in [0.4, 0.5) is 0 Å². The third-order valence-electron chi connectivity index (χ3n) is 5.23. The van der Waals surface area contributed by atoms with Crippen molar-refractivity contribution in [1.82, 2.24) is 9.62 Å². The van der Waals surface area contributed by atoms with Crippen LogP contribution in [0.15, 0.2) is 77.7 Å². The summed E-state index contributed by atoms with van der Waals surface area (Å²) in [5.74, 6) is 0.230. The van der Waals surface area contributed by atoms with Gasteiger partial charge in [0.1, 0.15) is 5.75 Å². The molecule has 0 aliphatic rings. The predicted molar refractivity (Wildman–Crippen MR) is 130 cm³/mol. The molecule has 6 nitrogen and oxygen atoms in total. The first kappa shape index (κ1) is 24.8. The Morgan fingerprint density at radius 1 is 1.03 bits per heavy atom. The average Bonchev–Trinajstić information content (AvgIpc) is 2.80. The van der Waals surface area contributed by atoms with Crippen LogP contribution in [0.5, 0.6) is 5.75 Å². The standard InChI is InChI=1S/C25H27ClN2O4S/c1-18-8-14-22(15-9-18)33(30,31)28(16-20-10-12-21(26)13-11-20)17-25(29)27-19(2)23-6-4-5-7-24(23)32-3/h4-15,19H,16-17H2,1-3H3,(H,27,29)/t19-/m1/s1. The van der Waals surface area contributed by atoms with E-state index in [9.17, 15) is 13.2 Å². The van der Waals surface area contributed by atoms with Gasteiger partial charge in [-0.25, -0.2) is 8.42 Å². The van der Waals surface area contributed by atoms with Crippen molar-refractivity contribution in [2.75, 3.05) is 13.7 Å². The van der Waals surface area contributed by atoms with Crippen molar-refractivity contribution in [3.8, 4) is 5.75 Å². The third kappa shape index (κ3) is 6.35. The average molecular weight is 487 g/mol. The Bertz CT molecular complexity index is 1200. The molecule has 3 aromatic rings. The van der Waals surface area contributed by atoms with E-state index in [4.69, 9.17) is 16.3 Å². The fourth-order valence-corrected chi connectivity index (χ4v) is 4.94. The van der Waals surface area contributed by atoms with Crippen molar-refractivity contribution in [2.24, 2.45) is 0 Å². The lowest BCUT2D eigenvalue weighted by atomic mass is 10.1. The van der Waals surface area contributed by atoms with Gasteiger partial charge in [0.15, 0.2) is 0 Å². The number of ether oxygens (including phenoxy) is 1. The van der Waals surface area contributed by atoms with Crippen LogP contribution in [0.3, 0.4) is 0 Å². The van der Waals surface area contributed by atoms with Gasteiger partial charge in [-0.2, -0.15) is 4.31 Å². The molecule has 0 aliphatic heterocycles. The van der Waals surface area contributed by atoms with Crippen LogP contribution >= 0.6 is 11.6 Å². The maximum Gasteiger partial charge on any atom is 0.243 e. The Morgan fingerprint density at radius 2 is 1.67 bits per heavy atom. The summed E-state index contributed by atoms with van der Waals surface area (Å²) in [7, 11) is -2.35. The fourth-order valence-electron chi connectivity index (χ4n) is 3.43. The number of methoxy groups -OCH3 is 1. The highest BCUT2D eigenvalue weighted by Crippen LogP contribution is 2.25. The van der Waals surface area contributed by atoms with E-state index in [0.717, 1.165) is 16.7 Å². The molecule has 174 valence electrons. The zero-order valence-corrected chi connectivity index (χ0v) is 20.4. The third-order valence-corrected chi connectivity index (χ3v) is 7.29. The lowest BCUT2D eigenvalue weighted by molar-refractivity contribution is -0.122. The van der Waals surface area contributed by atoms with Crippen molar-refractivity contribution in [3.63, 3.8) is 0 Å². The first-order valence-electron chi connectivity index (χ1n) is 10.4. The van der Waals surface area contributed by atoms with Crippen LogP contribution in [0.2, 0.25) is 5.02 Å². The highest BCUT2D eigenvalue weighted by molar-refractivity contribution is 7.89. The zero-order valence-electron chi connectivity index (χ0n) is 18.8.